The molecule has 0 radical (unpaired) electrons. The summed E-state index contributed by atoms with van der Waals surface area (Å²) in [5.74, 6) is 0.148. The molecule has 3 heteroatoms. The van der Waals surface area contributed by atoms with E-state index in [-0.39, 0.29) is 5.78 Å². The average molecular weight is 222 g/mol. The average Bonchev–Trinajstić information content (AvgIpc) is 2.70. The van der Waals surface area contributed by atoms with Crippen LogP contribution in [0.2, 0.25) is 0 Å². The van der Waals surface area contributed by atoms with Crippen molar-refractivity contribution in [1.29, 1.82) is 0 Å². The van der Waals surface area contributed by atoms with E-state index in [1.54, 1.807) is 29.6 Å². The third-order valence-corrected chi connectivity index (χ3v) is 4.32. The fraction of sp³-hybridized carbons (Fsp3) is 0.182. The van der Waals surface area contributed by atoms with Crippen LogP contribution in [0.4, 0.5) is 0 Å². The first kappa shape index (κ1) is 9.62. The van der Waals surface area contributed by atoms with Gasteiger partial charge in [0.15, 0.2) is 5.78 Å². The van der Waals surface area contributed by atoms with E-state index in [2.05, 4.69) is 19.1 Å². The number of ketones is 1. The molecule has 2 aromatic rings. The summed E-state index contributed by atoms with van der Waals surface area (Å²) in [5, 5.41) is 0. The first-order valence-corrected chi connectivity index (χ1v) is 5.97. The normalized spacial score (nSPS) is 10.4. The van der Waals surface area contributed by atoms with Gasteiger partial charge in [-0.1, -0.05) is 0 Å². The topological polar surface area (TPSA) is 17.1 Å². The Morgan fingerprint density at radius 3 is 2.21 bits per heavy atom. The Bertz CT molecular complexity index is 465. The number of hydrogen-bond donors (Lipinski definition) is 0. The monoisotopic (exact) mass is 222 g/mol. The number of hydrogen-bond acceptors (Lipinski definition) is 3. The standard InChI is InChI=1S/C11H10OS2/c1-7-3-4-10(13-7)11-6-5-9(14-11)8(2)12/h3-6H,1-2H3. The fourth-order valence-corrected chi connectivity index (χ4v) is 3.09. The quantitative estimate of drug-likeness (QED) is 0.702. The van der Waals surface area contributed by atoms with Gasteiger partial charge in [-0.3, -0.25) is 4.79 Å². The van der Waals surface area contributed by atoms with Gasteiger partial charge >= 0.3 is 0 Å². The van der Waals surface area contributed by atoms with Gasteiger partial charge in [0, 0.05) is 14.6 Å². The molecular formula is C11H10OS2. The van der Waals surface area contributed by atoms with Gasteiger partial charge in [-0.25, -0.2) is 0 Å². The number of carbonyl (C=O) groups excluding carboxylic acids is 1. The van der Waals surface area contributed by atoms with Crippen LogP contribution in [-0.2, 0) is 0 Å². The van der Waals surface area contributed by atoms with Gasteiger partial charge in [0.1, 0.15) is 0 Å². The predicted molar refractivity (Wildman–Crippen MR) is 62.4 cm³/mol. The van der Waals surface area contributed by atoms with Crippen LogP contribution in [0, 0.1) is 6.92 Å². The van der Waals surface area contributed by atoms with E-state index in [0.29, 0.717) is 0 Å². The maximum Gasteiger partial charge on any atom is 0.169 e. The second-order valence-corrected chi connectivity index (χ2v) is 5.50. The summed E-state index contributed by atoms with van der Waals surface area (Å²) in [6.45, 7) is 3.70. The van der Waals surface area contributed by atoms with Gasteiger partial charge in [-0.15, -0.1) is 22.7 Å². The van der Waals surface area contributed by atoms with Crippen molar-refractivity contribution >= 4 is 28.5 Å². The van der Waals surface area contributed by atoms with Crippen molar-refractivity contribution in [3.63, 3.8) is 0 Å². The van der Waals surface area contributed by atoms with Gasteiger partial charge in [0.2, 0.25) is 0 Å². The van der Waals surface area contributed by atoms with Crippen molar-refractivity contribution in [3.05, 3.63) is 34.0 Å². The zero-order chi connectivity index (χ0) is 10.1. The lowest BCUT2D eigenvalue weighted by Gasteiger charge is -1.88. The molecule has 2 aromatic heterocycles. The molecule has 0 atom stereocenters. The molecule has 72 valence electrons. The Balaban J connectivity index is 2.38. The molecule has 2 rings (SSSR count). The lowest BCUT2D eigenvalue weighted by molar-refractivity contribution is 0.102. The van der Waals surface area contributed by atoms with E-state index < -0.39 is 0 Å². The zero-order valence-electron chi connectivity index (χ0n) is 8.03. The molecular weight excluding hydrogens is 212 g/mol. The molecule has 1 nitrogen and oxygen atoms in total. The van der Waals surface area contributed by atoms with E-state index in [0.717, 1.165) is 4.88 Å². The largest absolute Gasteiger partial charge is 0.294 e. The first-order valence-electron chi connectivity index (χ1n) is 4.34. The molecule has 0 bridgehead atoms. The molecule has 0 aliphatic carbocycles. The lowest BCUT2D eigenvalue weighted by atomic mass is 10.3. The van der Waals surface area contributed by atoms with Crippen LogP contribution in [0.3, 0.4) is 0 Å². The molecule has 0 fully saturated rings. The Hall–Kier alpha value is -0.930. The zero-order valence-corrected chi connectivity index (χ0v) is 9.67. The molecule has 2 heterocycles. The van der Waals surface area contributed by atoms with Gasteiger partial charge in [-0.05, 0) is 38.1 Å². The van der Waals surface area contributed by atoms with E-state index >= 15 is 0 Å². The molecule has 14 heavy (non-hydrogen) atoms. The summed E-state index contributed by atoms with van der Waals surface area (Å²) in [5.41, 5.74) is 0. The Kier molecular flexibility index (Phi) is 2.52. The van der Waals surface area contributed by atoms with Crippen molar-refractivity contribution in [2.75, 3.05) is 0 Å². The van der Waals surface area contributed by atoms with Crippen molar-refractivity contribution < 1.29 is 4.79 Å². The van der Waals surface area contributed by atoms with Gasteiger partial charge < -0.3 is 0 Å². The minimum absolute atomic E-state index is 0.148. The predicted octanol–water partition coefficient (Wildman–Crippen LogP) is 3.99. The van der Waals surface area contributed by atoms with E-state index in [1.807, 2.05) is 12.1 Å². The van der Waals surface area contributed by atoms with Gasteiger partial charge in [-0.2, -0.15) is 0 Å². The maximum atomic E-state index is 11.1. The van der Waals surface area contributed by atoms with Crippen LogP contribution in [0.1, 0.15) is 21.5 Å². The van der Waals surface area contributed by atoms with Crippen molar-refractivity contribution in [2.24, 2.45) is 0 Å². The maximum absolute atomic E-state index is 11.1. The van der Waals surface area contributed by atoms with Gasteiger partial charge in [0.05, 0.1) is 4.88 Å². The SMILES string of the molecule is CC(=O)c1ccc(-c2ccc(C)s2)s1. The number of Topliss-reactive ketones (excluding diaryl/α,β-unsaturated/α-hetero) is 1. The molecule has 0 aromatic carbocycles. The van der Waals surface area contributed by atoms with Crippen molar-refractivity contribution in [1.82, 2.24) is 0 Å². The Morgan fingerprint density at radius 1 is 1.07 bits per heavy atom. The molecule has 0 saturated carbocycles. The van der Waals surface area contributed by atoms with Gasteiger partial charge in [0.25, 0.3) is 0 Å². The van der Waals surface area contributed by atoms with Crippen LogP contribution in [-0.4, -0.2) is 5.78 Å². The summed E-state index contributed by atoms with van der Waals surface area (Å²) in [6.07, 6.45) is 0. The smallest absolute Gasteiger partial charge is 0.169 e. The van der Waals surface area contributed by atoms with E-state index in [1.165, 1.54) is 14.6 Å². The van der Waals surface area contributed by atoms with Crippen molar-refractivity contribution in [2.45, 2.75) is 13.8 Å². The molecule has 0 unspecified atom stereocenters. The van der Waals surface area contributed by atoms with Crippen LogP contribution >= 0.6 is 22.7 Å². The number of thiophene rings is 2. The highest BCUT2D eigenvalue weighted by atomic mass is 32.1. The molecule has 0 aliphatic rings. The number of rotatable bonds is 2. The number of carbonyl (C=O) groups is 1. The van der Waals surface area contributed by atoms with Crippen molar-refractivity contribution in [3.8, 4) is 9.75 Å². The second kappa shape index (κ2) is 3.67. The van der Waals surface area contributed by atoms with Crippen LogP contribution in [0.15, 0.2) is 24.3 Å². The molecule has 0 amide bonds. The minimum atomic E-state index is 0.148. The highest BCUT2D eigenvalue weighted by Crippen LogP contribution is 2.33. The highest BCUT2D eigenvalue weighted by Gasteiger charge is 2.07. The molecule has 0 aliphatic heterocycles. The second-order valence-electron chi connectivity index (χ2n) is 3.13. The first-order chi connectivity index (χ1) is 6.66. The van der Waals surface area contributed by atoms with Crippen LogP contribution in [0.25, 0.3) is 9.75 Å². The third kappa shape index (κ3) is 1.79. The lowest BCUT2D eigenvalue weighted by Crippen LogP contribution is -1.83. The number of aryl methyl sites for hydroxylation is 1. The summed E-state index contributed by atoms with van der Waals surface area (Å²) in [4.78, 5) is 15.7. The minimum Gasteiger partial charge on any atom is -0.294 e. The van der Waals surface area contributed by atoms with Crippen LogP contribution in [0.5, 0.6) is 0 Å². The summed E-state index contributed by atoms with van der Waals surface area (Å²) in [7, 11) is 0. The summed E-state index contributed by atoms with van der Waals surface area (Å²) < 4.78 is 0. The third-order valence-electron chi connectivity index (χ3n) is 1.94. The summed E-state index contributed by atoms with van der Waals surface area (Å²) >= 11 is 3.33. The highest BCUT2D eigenvalue weighted by molar-refractivity contribution is 7.23. The van der Waals surface area contributed by atoms with Crippen LogP contribution < -0.4 is 0 Å². The van der Waals surface area contributed by atoms with E-state index in [9.17, 15) is 4.79 Å². The fourth-order valence-electron chi connectivity index (χ4n) is 1.23. The Labute approximate surface area is 91.0 Å². The molecule has 0 N–H and O–H groups in total. The molecule has 0 spiro atoms. The van der Waals surface area contributed by atoms with E-state index in [4.69, 9.17) is 0 Å². The Morgan fingerprint density at radius 2 is 1.71 bits per heavy atom. The summed E-state index contributed by atoms with van der Waals surface area (Å²) in [6, 6.07) is 8.13. The molecule has 0 saturated heterocycles.